The third kappa shape index (κ3) is 4.06. The van der Waals surface area contributed by atoms with E-state index in [2.05, 4.69) is 66.0 Å². The topological polar surface area (TPSA) is 20.2 Å². The van der Waals surface area contributed by atoms with Gasteiger partial charge < -0.3 is 5.11 Å². The number of halogens is 2. The van der Waals surface area contributed by atoms with Gasteiger partial charge in [0.05, 0.1) is 3.57 Å². The molecule has 1 rings (SSSR count). The van der Waals surface area contributed by atoms with Gasteiger partial charge in [0.2, 0.25) is 0 Å². The van der Waals surface area contributed by atoms with Crippen molar-refractivity contribution in [1.29, 1.82) is 0 Å². The molecule has 14 heavy (non-hydrogen) atoms. The summed E-state index contributed by atoms with van der Waals surface area (Å²) in [6.45, 7) is 6.32. The molecule has 1 radical (unpaired) electrons. The summed E-state index contributed by atoms with van der Waals surface area (Å²) in [5, 5.41) is 9.85. The van der Waals surface area contributed by atoms with Crippen LogP contribution in [0.3, 0.4) is 0 Å². The second kappa shape index (κ2) is 6.02. The molecule has 0 spiro atoms. The number of benzene rings is 1. The predicted molar refractivity (Wildman–Crippen MR) is 72.2 cm³/mol. The van der Waals surface area contributed by atoms with Crippen molar-refractivity contribution in [2.45, 2.75) is 26.2 Å². The number of aromatic hydroxyl groups is 1. The summed E-state index contributed by atoms with van der Waals surface area (Å²) < 4.78 is 2.10. The maximum absolute atomic E-state index is 9.85. The fraction of sp³-hybridized carbons (Fsp3) is 0.400. The first-order valence-electron chi connectivity index (χ1n) is 4.01. The van der Waals surface area contributed by atoms with Crippen molar-refractivity contribution in [2.75, 3.05) is 0 Å². The molecule has 4 heteroatoms. The maximum Gasteiger partial charge on any atom is 0.132 e. The van der Waals surface area contributed by atoms with Gasteiger partial charge in [-0.1, -0.05) is 20.8 Å². The van der Waals surface area contributed by atoms with Crippen molar-refractivity contribution in [1.82, 2.24) is 0 Å². The molecule has 0 saturated carbocycles. The largest absolute Gasteiger partial charge is 0.507 e. The summed E-state index contributed by atoms with van der Waals surface area (Å²) in [4.78, 5) is 0. The van der Waals surface area contributed by atoms with Crippen LogP contribution in [0.4, 0.5) is 0 Å². The third-order valence-corrected chi connectivity index (χ3v) is 3.28. The Morgan fingerprint density at radius 2 is 1.64 bits per heavy atom. The van der Waals surface area contributed by atoms with Gasteiger partial charge in [0.1, 0.15) is 5.75 Å². The molecule has 1 nitrogen and oxygen atoms in total. The van der Waals surface area contributed by atoms with Crippen LogP contribution in [-0.4, -0.2) is 5.11 Å². The van der Waals surface area contributed by atoms with Gasteiger partial charge in [-0.3, -0.25) is 0 Å². The van der Waals surface area contributed by atoms with Crippen molar-refractivity contribution in [3.8, 4) is 5.75 Å². The van der Waals surface area contributed by atoms with E-state index in [4.69, 9.17) is 0 Å². The first kappa shape index (κ1) is 15.9. The monoisotopic (exact) mass is 629 g/mol. The summed E-state index contributed by atoms with van der Waals surface area (Å²) in [6.07, 6.45) is 0. The molecule has 0 fully saturated rings. The second-order valence-corrected chi connectivity index (χ2v) is 6.44. The first-order valence-corrected chi connectivity index (χ1v) is 6.16. The zero-order chi connectivity index (χ0) is 10.2. The molecule has 1 N–H and O–H groups in total. The van der Waals surface area contributed by atoms with Crippen LogP contribution in [-0.2, 0) is 5.41 Å². The standard InChI is InChI=1S/C10H12I2O.Ac/c1-10(2,3)7-4-6(11)5-8(12)9(7)13;/h4-5,13H,1-3H3;. The van der Waals surface area contributed by atoms with Crippen molar-refractivity contribution < 1.29 is 49.2 Å². The number of rotatable bonds is 0. The fourth-order valence-corrected chi connectivity index (χ4v) is 2.98. The van der Waals surface area contributed by atoms with Crippen LogP contribution in [0.25, 0.3) is 0 Å². The van der Waals surface area contributed by atoms with E-state index in [1.165, 1.54) is 3.57 Å². The smallest absolute Gasteiger partial charge is 0.132 e. The SMILES string of the molecule is CC(C)(C)c1cc(I)cc(I)c1O.[Ac]. The fourth-order valence-electron chi connectivity index (χ4n) is 1.14. The van der Waals surface area contributed by atoms with Crippen molar-refractivity contribution in [2.24, 2.45) is 0 Å². The van der Waals surface area contributed by atoms with Crippen LogP contribution >= 0.6 is 45.2 Å². The average molecular weight is 629 g/mol. The molecule has 0 aliphatic heterocycles. The number of hydrogen-bond donors (Lipinski definition) is 1. The minimum Gasteiger partial charge on any atom is -0.507 e. The van der Waals surface area contributed by atoms with E-state index < -0.39 is 0 Å². The number of phenols is 1. The third-order valence-electron chi connectivity index (χ3n) is 1.84. The molecule has 0 amide bonds. The Morgan fingerprint density at radius 1 is 1.14 bits per heavy atom. The van der Waals surface area contributed by atoms with Crippen molar-refractivity contribution in [3.63, 3.8) is 0 Å². The summed E-state index contributed by atoms with van der Waals surface area (Å²) in [6, 6.07) is 4.02. The molecule has 0 aliphatic rings. The zero-order valence-electron chi connectivity index (χ0n) is 8.44. The Bertz CT molecular complexity index is 332. The summed E-state index contributed by atoms with van der Waals surface area (Å²) >= 11 is 4.43. The zero-order valence-corrected chi connectivity index (χ0v) is 17.5. The maximum atomic E-state index is 9.85. The summed E-state index contributed by atoms with van der Waals surface area (Å²) in [5.41, 5.74) is 1.02. The van der Waals surface area contributed by atoms with Crippen molar-refractivity contribution >= 4 is 45.2 Å². The van der Waals surface area contributed by atoms with Gasteiger partial charge in [0.25, 0.3) is 0 Å². The number of hydrogen-bond acceptors (Lipinski definition) is 1. The Morgan fingerprint density at radius 3 is 2.07 bits per heavy atom. The van der Waals surface area contributed by atoms with Gasteiger partial charge >= 0.3 is 0 Å². The van der Waals surface area contributed by atoms with E-state index in [9.17, 15) is 5.11 Å². The average Bonchev–Trinajstić information content (AvgIpc) is 1.94. The van der Waals surface area contributed by atoms with E-state index in [1.807, 2.05) is 12.1 Å². The Labute approximate surface area is 148 Å². The molecule has 1 aromatic carbocycles. The van der Waals surface area contributed by atoms with Crippen molar-refractivity contribution in [3.05, 3.63) is 24.8 Å². The minimum absolute atomic E-state index is 0. The van der Waals surface area contributed by atoms with E-state index in [0.717, 1.165) is 9.13 Å². The van der Waals surface area contributed by atoms with Crippen LogP contribution in [0.15, 0.2) is 12.1 Å². The molecule has 75 valence electrons. The summed E-state index contributed by atoms with van der Waals surface area (Å²) in [5.74, 6) is 0.425. The van der Waals surface area contributed by atoms with Gasteiger partial charge in [-0.05, 0) is 62.7 Å². The molecule has 0 aromatic heterocycles. The van der Waals surface area contributed by atoms with Gasteiger partial charge in [-0.2, -0.15) is 0 Å². The normalized spacial score (nSPS) is 10.9. The molecule has 0 bridgehead atoms. The molecular formula is C10H12AcI2O. The predicted octanol–water partition coefficient (Wildman–Crippen LogP) is 3.90. The van der Waals surface area contributed by atoms with Crippen LogP contribution in [0, 0.1) is 51.2 Å². The van der Waals surface area contributed by atoms with Crippen LogP contribution in [0.5, 0.6) is 5.75 Å². The molecule has 0 heterocycles. The van der Waals surface area contributed by atoms with Crippen LogP contribution < -0.4 is 0 Å². The second-order valence-electron chi connectivity index (χ2n) is 4.03. The quantitative estimate of drug-likeness (QED) is 0.433. The van der Waals surface area contributed by atoms with E-state index in [0.29, 0.717) is 5.75 Å². The molecule has 0 saturated heterocycles. The Kier molecular flexibility index (Phi) is 6.84. The molecule has 0 aliphatic carbocycles. The molecule has 1 aromatic rings. The number of phenolic OH excluding ortho intramolecular Hbond substituents is 1. The van der Waals surface area contributed by atoms with Gasteiger partial charge in [-0.15, -0.1) is 0 Å². The Balaban J connectivity index is 0.00000169. The van der Waals surface area contributed by atoms with Crippen LogP contribution in [0.2, 0.25) is 0 Å². The Hall–Kier alpha value is 1.92. The van der Waals surface area contributed by atoms with Gasteiger partial charge in [0.15, 0.2) is 0 Å². The minimum atomic E-state index is 0. The van der Waals surface area contributed by atoms with E-state index in [-0.39, 0.29) is 49.5 Å². The first-order chi connectivity index (χ1) is 5.82. The van der Waals surface area contributed by atoms with Gasteiger partial charge in [-0.25, -0.2) is 0 Å². The van der Waals surface area contributed by atoms with E-state index in [1.54, 1.807) is 0 Å². The molecule has 0 unspecified atom stereocenters. The van der Waals surface area contributed by atoms with Crippen LogP contribution in [0.1, 0.15) is 26.3 Å². The van der Waals surface area contributed by atoms with E-state index >= 15 is 0 Å². The molecule has 0 atom stereocenters. The molecular weight excluding hydrogens is 617 g/mol. The summed E-state index contributed by atoms with van der Waals surface area (Å²) in [7, 11) is 0. The van der Waals surface area contributed by atoms with Gasteiger partial charge in [0, 0.05) is 53.2 Å².